The molecule has 0 atom stereocenters. The summed E-state index contributed by atoms with van der Waals surface area (Å²) in [6.45, 7) is 0. The highest BCUT2D eigenvalue weighted by atomic mass is 32.2. The van der Waals surface area contributed by atoms with E-state index in [1.54, 1.807) is 12.1 Å². The molecule has 1 aromatic carbocycles. The van der Waals surface area contributed by atoms with E-state index in [-0.39, 0.29) is 0 Å². The van der Waals surface area contributed by atoms with E-state index in [0.717, 1.165) is 30.6 Å². The molecule has 1 aliphatic carbocycles. The predicted molar refractivity (Wildman–Crippen MR) is 75.6 cm³/mol. The van der Waals surface area contributed by atoms with E-state index in [1.807, 2.05) is 23.9 Å². The lowest BCUT2D eigenvalue weighted by Gasteiger charge is -2.25. The van der Waals surface area contributed by atoms with Crippen molar-refractivity contribution in [3.63, 3.8) is 0 Å². The van der Waals surface area contributed by atoms with Crippen molar-refractivity contribution in [3.8, 4) is 0 Å². The van der Waals surface area contributed by atoms with Crippen molar-refractivity contribution < 1.29 is 8.42 Å². The van der Waals surface area contributed by atoms with Gasteiger partial charge in [0, 0.05) is 22.4 Å². The van der Waals surface area contributed by atoms with Crippen molar-refractivity contribution >= 4 is 21.6 Å². The van der Waals surface area contributed by atoms with Crippen molar-refractivity contribution in [2.75, 3.05) is 6.26 Å². The second-order valence-electron chi connectivity index (χ2n) is 4.90. The Labute approximate surface area is 113 Å². The molecule has 18 heavy (non-hydrogen) atoms. The Kier molecular flexibility index (Phi) is 4.35. The molecule has 100 valence electrons. The minimum absolute atomic E-state index is 0.370. The maximum atomic E-state index is 11.3. The van der Waals surface area contributed by atoms with Crippen LogP contribution in [0, 0.1) is 0 Å². The van der Waals surface area contributed by atoms with Crippen molar-refractivity contribution in [3.05, 3.63) is 24.3 Å². The average molecular weight is 285 g/mol. The van der Waals surface area contributed by atoms with Gasteiger partial charge in [0.15, 0.2) is 9.84 Å². The number of hydrogen-bond donors (Lipinski definition) is 1. The molecule has 1 saturated carbocycles. The fraction of sp³-hybridized carbons (Fsp3) is 0.538. The molecule has 2 rings (SSSR count). The van der Waals surface area contributed by atoms with Crippen molar-refractivity contribution in [1.82, 2.24) is 0 Å². The summed E-state index contributed by atoms with van der Waals surface area (Å²) in [5.41, 5.74) is 5.88. The SMILES string of the molecule is CS(=O)(=O)c1ccc(SC2CCC(N)CC2)cc1. The molecule has 0 amide bonds. The maximum Gasteiger partial charge on any atom is 0.175 e. The lowest BCUT2D eigenvalue weighted by atomic mass is 9.96. The monoisotopic (exact) mass is 285 g/mol. The normalized spacial score (nSPS) is 25.0. The Hall–Kier alpha value is -0.520. The van der Waals surface area contributed by atoms with Crippen LogP contribution in [-0.2, 0) is 9.84 Å². The Morgan fingerprint density at radius 2 is 1.67 bits per heavy atom. The molecule has 0 saturated heterocycles. The van der Waals surface area contributed by atoms with Crippen LogP contribution in [0.3, 0.4) is 0 Å². The second-order valence-corrected chi connectivity index (χ2v) is 8.29. The molecule has 1 aromatic rings. The van der Waals surface area contributed by atoms with Crippen LogP contribution in [0.1, 0.15) is 25.7 Å². The van der Waals surface area contributed by atoms with E-state index in [2.05, 4.69) is 0 Å². The highest BCUT2D eigenvalue weighted by Crippen LogP contribution is 2.33. The van der Waals surface area contributed by atoms with E-state index >= 15 is 0 Å². The third-order valence-corrected chi connectivity index (χ3v) is 5.75. The van der Waals surface area contributed by atoms with Crippen molar-refractivity contribution in [2.45, 2.75) is 46.8 Å². The Balaban J connectivity index is 1.98. The molecule has 1 aliphatic rings. The first-order valence-corrected chi connectivity index (χ1v) is 8.94. The highest BCUT2D eigenvalue weighted by Gasteiger charge is 2.19. The number of rotatable bonds is 3. The third kappa shape index (κ3) is 3.73. The van der Waals surface area contributed by atoms with Gasteiger partial charge in [-0.25, -0.2) is 8.42 Å². The first-order valence-electron chi connectivity index (χ1n) is 6.17. The molecule has 0 heterocycles. The van der Waals surface area contributed by atoms with Gasteiger partial charge in [-0.05, 0) is 49.9 Å². The summed E-state index contributed by atoms with van der Waals surface area (Å²) in [7, 11) is -3.09. The van der Waals surface area contributed by atoms with Gasteiger partial charge in [0.2, 0.25) is 0 Å². The number of benzene rings is 1. The van der Waals surface area contributed by atoms with E-state index in [1.165, 1.54) is 6.26 Å². The largest absolute Gasteiger partial charge is 0.328 e. The Morgan fingerprint density at radius 1 is 1.11 bits per heavy atom. The van der Waals surface area contributed by atoms with E-state index in [4.69, 9.17) is 5.73 Å². The summed E-state index contributed by atoms with van der Waals surface area (Å²) in [6.07, 6.45) is 5.73. The summed E-state index contributed by atoms with van der Waals surface area (Å²) >= 11 is 1.84. The fourth-order valence-electron chi connectivity index (χ4n) is 2.16. The molecule has 2 N–H and O–H groups in total. The second kappa shape index (κ2) is 5.63. The quantitative estimate of drug-likeness (QED) is 0.926. The number of nitrogens with two attached hydrogens (primary N) is 1. The minimum atomic E-state index is -3.09. The van der Waals surface area contributed by atoms with Crippen LogP contribution in [0.5, 0.6) is 0 Å². The average Bonchev–Trinajstić information content (AvgIpc) is 2.32. The molecule has 1 fully saturated rings. The molecule has 3 nitrogen and oxygen atoms in total. The smallest absolute Gasteiger partial charge is 0.175 e. The molecule has 0 radical (unpaired) electrons. The zero-order valence-electron chi connectivity index (χ0n) is 10.5. The molecule has 0 aliphatic heterocycles. The summed E-state index contributed by atoms with van der Waals surface area (Å²) in [5, 5.41) is 0.619. The molecular weight excluding hydrogens is 266 g/mol. The molecule has 5 heteroatoms. The van der Waals surface area contributed by atoms with Gasteiger partial charge < -0.3 is 5.73 Å². The highest BCUT2D eigenvalue weighted by molar-refractivity contribution is 8.00. The van der Waals surface area contributed by atoms with Crippen LogP contribution in [0.25, 0.3) is 0 Å². The van der Waals surface area contributed by atoms with Gasteiger partial charge >= 0.3 is 0 Å². The van der Waals surface area contributed by atoms with Crippen molar-refractivity contribution in [1.29, 1.82) is 0 Å². The summed E-state index contributed by atoms with van der Waals surface area (Å²) < 4.78 is 22.7. The van der Waals surface area contributed by atoms with Crippen LogP contribution in [0.2, 0.25) is 0 Å². The Morgan fingerprint density at radius 3 is 2.17 bits per heavy atom. The maximum absolute atomic E-state index is 11.3. The summed E-state index contributed by atoms with van der Waals surface area (Å²) in [4.78, 5) is 1.53. The topological polar surface area (TPSA) is 60.2 Å². The molecule has 0 spiro atoms. The lowest BCUT2D eigenvalue weighted by Crippen LogP contribution is -2.27. The van der Waals surface area contributed by atoms with Gasteiger partial charge in [0.1, 0.15) is 0 Å². The molecule has 0 unspecified atom stereocenters. The van der Waals surface area contributed by atoms with Crippen LogP contribution in [-0.4, -0.2) is 26.0 Å². The first-order chi connectivity index (χ1) is 8.45. The van der Waals surface area contributed by atoms with Gasteiger partial charge in [0.25, 0.3) is 0 Å². The number of thioether (sulfide) groups is 1. The standard InChI is InChI=1S/C13H19NO2S2/c1-18(15,16)13-8-6-12(7-9-13)17-11-4-2-10(14)3-5-11/h6-11H,2-5,14H2,1H3. The number of sulfone groups is 1. The molecule has 0 aromatic heterocycles. The van der Waals surface area contributed by atoms with Crippen LogP contribution in [0.4, 0.5) is 0 Å². The van der Waals surface area contributed by atoms with E-state index < -0.39 is 9.84 Å². The zero-order valence-corrected chi connectivity index (χ0v) is 12.1. The van der Waals surface area contributed by atoms with Gasteiger partial charge in [-0.3, -0.25) is 0 Å². The molecule has 0 bridgehead atoms. The van der Waals surface area contributed by atoms with Crippen LogP contribution in [0.15, 0.2) is 34.1 Å². The predicted octanol–water partition coefficient (Wildman–Crippen LogP) is 2.45. The Bertz CT molecular complexity index is 488. The fourth-order valence-corrected chi connectivity index (χ4v) is 3.98. The van der Waals surface area contributed by atoms with Gasteiger partial charge in [0.05, 0.1) is 4.90 Å². The van der Waals surface area contributed by atoms with Crippen LogP contribution >= 0.6 is 11.8 Å². The summed E-state index contributed by atoms with van der Waals surface area (Å²) in [6, 6.07) is 7.54. The van der Waals surface area contributed by atoms with Gasteiger partial charge in [-0.1, -0.05) is 0 Å². The minimum Gasteiger partial charge on any atom is -0.328 e. The van der Waals surface area contributed by atoms with Gasteiger partial charge in [-0.2, -0.15) is 0 Å². The summed E-state index contributed by atoms with van der Waals surface area (Å²) in [5.74, 6) is 0. The van der Waals surface area contributed by atoms with E-state index in [0.29, 0.717) is 16.2 Å². The van der Waals surface area contributed by atoms with E-state index in [9.17, 15) is 8.42 Å². The van der Waals surface area contributed by atoms with Gasteiger partial charge in [-0.15, -0.1) is 11.8 Å². The van der Waals surface area contributed by atoms with Crippen molar-refractivity contribution in [2.24, 2.45) is 5.73 Å². The third-order valence-electron chi connectivity index (χ3n) is 3.27. The van der Waals surface area contributed by atoms with Crippen LogP contribution < -0.4 is 5.73 Å². The lowest BCUT2D eigenvalue weighted by molar-refractivity contribution is 0.451. The first kappa shape index (κ1) is 13.9. The number of hydrogen-bond acceptors (Lipinski definition) is 4. The zero-order chi connectivity index (χ0) is 13.2. The molecular formula is C13H19NO2S2.